The van der Waals surface area contributed by atoms with Gasteiger partial charge in [-0.05, 0) is 55.6 Å². The molecule has 1 aliphatic rings. The fourth-order valence-electron chi connectivity index (χ4n) is 3.56. The first kappa shape index (κ1) is 19.9. The van der Waals surface area contributed by atoms with Crippen LogP contribution in [0.3, 0.4) is 0 Å². The van der Waals surface area contributed by atoms with Gasteiger partial charge in [0.2, 0.25) is 5.91 Å². The summed E-state index contributed by atoms with van der Waals surface area (Å²) < 4.78 is 0. The minimum Gasteiger partial charge on any atom is -0.314 e. The third-order valence-electron chi connectivity index (χ3n) is 5.22. The fraction of sp³-hybridized carbons (Fsp3) is 0.409. The van der Waals surface area contributed by atoms with Gasteiger partial charge in [-0.1, -0.05) is 41.9 Å². The Morgan fingerprint density at radius 1 is 1.22 bits per heavy atom. The van der Waals surface area contributed by atoms with Crippen molar-refractivity contribution in [1.82, 2.24) is 10.2 Å². The van der Waals surface area contributed by atoms with Gasteiger partial charge in [-0.15, -0.1) is 0 Å². The van der Waals surface area contributed by atoms with Gasteiger partial charge in [0.15, 0.2) is 0 Å². The summed E-state index contributed by atoms with van der Waals surface area (Å²) in [6.07, 6.45) is 2.38. The molecule has 0 aromatic heterocycles. The molecule has 144 valence electrons. The molecular formula is C22H28ClN3O. The lowest BCUT2D eigenvalue weighted by atomic mass is 10.1. The lowest BCUT2D eigenvalue weighted by Crippen LogP contribution is -2.43. The molecule has 1 aliphatic heterocycles. The van der Waals surface area contributed by atoms with Gasteiger partial charge in [-0.3, -0.25) is 9.69 Å². The molecule has 1 fully saturated rings. The fourth-order valence-corrected chi connectivity index (χ4v) is 3.75. The number of hydrogen-bond donors (Lipinski definition) is 1. The summed E-state index contributed by atoms with van der Waals surface area (Å²) in [6.45, 7) is 5.24. The van der Waals surface area contributed by atoms with Gasteiger partial charge >= 0.3 is 0 Å². The number of nitrogens with one attached hydrogen (secondary N) is 1. The van der Waals surface area contributed by atoms with Crippen LogP contribution in [-0.2, 0) is 11.3 Å². The summed E-state index contributed by atoms with van der Waals surface area (Å²) in [7, 11) is 1.81. The van der Waals surface area contributed by atoms with Crippen LogP contribution in [0, 0.1) is 6.92 Å². The number of benzene rings is 2. The second-order valence-corrected chi connectivity index (χ2v) is 7.76. The Bertz CT molecular complexity index is 774. The highest BCUT2D eigenvalue weighted by Crippen LogP contribution is 2.19. The number of hydrogen-bond acceptors (Lipinski definition) is 3. The van der Waals surface area contributed by atoms with Crippen LogP contribution in [0.15, 0.2) is 48.5 Å². The van der Waals surface area contributed by atoms with Gasteiger partial charge in [0.1, 0.15) is 0 Å². The Morgan fingerprint density at radius 2 is 2.04 bits per heavy atom. The molecule has 0 bridgehead atoms. The predicted molar refractivity (Wildman–Crippen MR) is 112 cm³/mol. The highest BCUT2D eigenvalue weighted by molar-refractivity contribution is 6.30. The smallest absolute Gasteiger partial charge is 0.240 e. The molecule has 27 heavy (non-hydrogen) atoms. The highest BCUT2D eigenvalue weighted by atomic mass is 35.5. The minimum absolute atomic E-state index is 0.0730. The van der Waals surface area contributed by atoms with E-state index in [0.29, 0.717) is 17.6 Å². The molecule has 2 aromatic carbocycles. The van der Waals surface area contributed by atoms with Gasteiger partial charge in [-0.2, -0.15) is 0 Å². The Kier molecular flexibility index (Phi) is 6.89. The highest BCUT2D eigenvalue weighted by Gasteiger charge is 2.22. The van der Waals surface area contributed by atoms with Crippen LogP contribution in [0.2, 0.25) is 5.02 Å². The van der Waals surface area contributed by atoms with Crippen LogP contribution >= 0.6 is 11.6 Å². The summed E-state index contributed by atoms with van der Waals surface area (Å²) in [5, 5.41) is 4.18. The summed E-state index contributed by atoms with van der Waals surface area (Å²) in [5.74, 6) is 0.0730. The third-order valence-corrected chi connectivity index (χ3v) is 5.46. The van der Waals surface area contributed by atoms with Crippen molar-refractivity contribution in [3.63, 3.8) is 0 Å². The number of amides is 1. The number of rotatable bonds is 7. The Hall–Kier alpha value is -1.88. The maximum Gasteiger partial charge on any atom is 0.240 e. The molecule has 1 atom stereocenters. The van der Waals surface area contributed by atoms with Gasteiger partial charge in [-0.25, -0.2) is 0 Å². The normalized spacial score (nSPS) is 16.7. The SMILES string of the molecule is Cc1ccccc1CN(CC(=O)N(C)c1cccc(Cl)c1)C[C@@H]1CCCN1. The van der Waals surface area contributed by atoms with Gasteiger partial charge in [0.25, 0.3) is 0 Å². The summed E-state index contributed by atoms with van der Waals surface area (Å²) in [6, 6.07) is 16.3. The molecule has 1 saturated heterocycles. The number of aryl methyl sites for hydroxylation is 1. The maximum absolute atomic E-state index is 12.9. The van der Waals surface area contributed by atoms with Crippen molar-refractivity contribution in [3.05, 3.63) is 64.7 Å². The van der Waals surface area contributed by atoms with E-state index in [1.807, 2.05) is 31.3 Å². The lowest BCUT2D eigenvalue weighted by Gasteiger charge is -2.28. The molecule has 1 heterocycles. The van der Waals surface area contributed by atoms with Crippen LogP contribution in [0.25, 0.3) is 0 Å². The molecule has 0 radical (unpaired) electrons. The van der Waals surface area contributed by atoms with Crippen LogP contribution in [0.1, 0.15) is 24.0 Å². The number of carbonyl (C=O) groups excluding carboxylic acids is 1. The average molecular weight is 386 g/mol. The largest absolute Gasteiger partial charge is 0.314 e. The van der Waals surface area contributed by atoms with E-state index in [-0.39, 0.29) is 5.91 Å². The Balaban J connectivity index is 1.71. The van der Waals surface area contributed by atoms with Crippen molar-refractivity contribution < 1.29 is 4.79 Å². The Labute approximate surface area is 167 Å². The van der Waals surface area contributed by atoms with E-state index in [1.165, 1.54) is 24.0 Å². The zero-order chi connectivity index (χ0) is 19.2. The Morgan fingerprint density at radius 3 is 2.74 bits per heavy atom. The molecule has 0 saturated carbocycles. The van der Waals surface area contributed by atoms with Crippen molar-refractivity contribution in [2.75, 3.05) is 31.6 Å². The van der Waals surface area contributed by atoms with Crippen molar-refractivity contribution in [3.8, 4) is 0 Å². The van der Waals surface area contributed by atoms with Crippen molar-refractivity contribution >= 4 is 23.2 Å². The summed E-state index contributed by atoms with van der Waals surface area (Å²) in [4.78, 5) is 16.9. The number of carbonyl (C=O) groups is 1. The van der Waals surface area contributed by atoms with E-state index in [2.05, 4.69) is 41.4 Å². The maximum atomic E-state index is 12.9. The molecule has 5 heteroatoms. The van der Waals surface area contributed by atoms with E-state index in [4.69, 9.17) is 11.6 Å². The molecule has 4 nitrogen and oxygen atoms in total. The van der Waals surface area contributed by atoms with Crippen LogP contribution < -0.4 is 10.2 Å². The number of likely N-dealkylation sites (N-methyl/N-ethyl adjacent to an activating group) is 1. The van der Waals surface area contributed by atoms with Crippen LogP contribution in [0.4, 0.5) is 5.69 Å². The minimum atomic E-state index is 0.0730. The molecule has 0 aliphatic carbocycles. The zero-order valence-corrected chi connectivity index (χ0v) is 16.9. The first-order chi connectivity index (χ1) is 13.0. The third kappa shape index (κ3) is 5.55. The molecule has 2 aromatic rings. The monoisotopic (exact) mass is 385 g/mol. The van der Waals surface area contributed by atoms with Crippen LogP contribution in [0.5, 0.6) is 0 Å². The van der Waals surface area contributed by atoms with Gasteiger partial charge in [0, 0.05) is 36.9 Å². The second-order valence-electron chi connectivity index (χ2n) is 7.32. The lowest BCUT2D eigenvalue weighted by molar-refractivity contribution is -0.119. The topological polar surface area (TPSA) is 35.6 Å². The molecule has 0 unspecified atom stereocenters. The quantitative estimate of drug-likeness (QED) is 0.785. The van der Waals surface area contributed by atoms with Crippen molar-refractivity contribution in [2.45, 2.75) is 32.4 Å². The van der Waals surface area contributed by atoms with E-state index < -0.39 is 0 Å². The van der Waals surface area contributed by atoms with Crippen molar-refractivity contribution in [2.24, 2.45) is 0 Å². The summed E-state index contributed by atoms with van der Waals surface area (Å²) >= 11 is 6.08. The molecule has 1 amide bonds. The molecule has 1 N–H and O–H groups in total. The number of nitrogens with zero attached hydrogens (tertiary/aromatic N) is 2. The molecule has 3 rings (SSSR count). The van der Waals surface area contributed by atoms with E-state index in [0.717, 1.165) is 25.3 Å². The molecular weight excluding hydrogens is 358 g/mol. The standard InChI is InChI=1S/C22H28ClN3O/c1-17-7-3-4-8-18(17)14-26(15-20-10-6-12-24-20)16-22(27)25(2)21-11-5-9-19(23)13-21/h3-5,7-9,11,13,20,24H,6,10,12,14-16H2,1-2H3/t20-/m0/s1. The van der Waals surface area contributed by atoms with E-state index in [1.54, 1.807) is 4.90 Å². The first-order valence-electron chi connectivity index (χ1n) is 9.55. The zero-order valence-electron chi connectivity index (χ0n) is 16.1. The van der Waals surface area contributed by atoms with Crippen molar-refractivity contribution in [1.29, 1.82) is 0 Å². The first-order valence-corrected chi connectivity index (χ1v) is 9.93. The van der Waals surface area contributed by atoms with E-state index >= 15 is 0 Å². The number of anilines is 1. The summed E-state index contributed by atoms with van der Waals surface area (Å²) in [5.41, 5.74) is 3.36. The van der Waals surface area contributed by atoms with Gasteiger partial charge < -0.3 is 10.2 Å². The van der Waals surface area contributed by atoms with Gasteiger partial charge in [0.05, 0.1) is 6.54 Å². The predicted octanol–water partition coefficient (Wildman–Crippen LogP) is 3.87. The average Bonchev–Trinajstić information content (AvgIpc) is 3.16. The second kappa shape index (κ2) is 9.36. The van der Waals surface area contributed by atoms with E-state index in [9.17, 15) is 4.79 Å². The van der Waals surface area contributed by atoms with Crippen LogP contribution in [-0.4, -0.2) is 43.5 Å². The molecule has 0 spiro atoms. The number of halogens is 1.